The van der Waals surface area contributed by atoms with Gasteiger partial charge in [-0.2, -0.15) is 0 Å². The molecular weight excluding hydrogens is 398 g/mol. The predicted molar refractivity (Wildman–Crippen MR) is 109 cm³/mol. The fourth-order valence-corrected chi connectivity index (χ4v) is 3.63. The second-order valence-corrected chi connectivity index (χ2v) is 7.09. The molecule has 2 atom stereocenters. The van der Waals surface area contributed by atoms with Crippen molar-refractivity contribution in [2.24, 2.45) is 0 Å². The minimum atomic E-state index is -1.88. The molecule has 2 aromatic rings. The lowest BCUT2D eigenvalue weighted by atomic mass is 10.0. The number of hydrogen-bond donors (Lipinski definition) is 2. The molecule has 1 saturated heterocycles. The molecule has 2 N–H and O–H groups in total. The van der Waals surface area contributed by atoms with Gasteiger partial charge in [-0.3, -0.25) is 9.69 Å². The molecule has 29 heavy (non-hydrogen) atoms. The lowest BCUT2D eigenvalue weighted by Crippen LogP contribution is -2.62. The van der Waals surface area contributed by atoms with E-state index in [-0.39, 0.29) is 34.9 Å². The van der Waals surface area contributed by atoms with Gasteiger partial charge in [-0.15, -0.1) is 0 Å². The topological polar surface area (TPSA) is 110 Å². The zero-order chi connectivity index (χ0) is 21.0. The third kappa shape index (κ3) is 4.01. The van der Waals surface area contributed by atoms with E-state index in [1.165, 1.54) is 35.2 Å². The number of quaternary nitrogens is 1. The number of amides is 2. The van der Waals surface area contributed by atoms with Crippen molar-refractivity contribution in [2.75, 3.05) is 26.2 Å². The van der Waals surface area contributed by atoms with Gasteiger partial charge < -0.3 is 15.6 Å². The lowest BCUT2D eigenvalue weighted by molar-refractivity contribution is -0.141. The van der Waals surface area contributed by atoms with Crippen molar-refractivity contribution in [1.29, 1.82) is 0 Å². The number of carbonyl (C=O) groups is 3. The van der Waals surface area contributed by atoms with E-state index in [0.29, 0.717) is 19.4 Å². The number of carbonyl (C=O) groups excluding carboxylic acids is 2. The minimum absolute atomic E-state index is 0.0879. The monoisotopic (exact) mass is 417 g/mol. The van der Waals surface area contributed by atoms with Gasteiger partial charge in [0.15, 0.2) is 12.0 Å². The SMILES string of the molecule is O=Cc1ccc(Cl)cc1[N+]([O-])(C(=O)N1CCNCC1)C(C(=O)O)c1ccccc1. The number of nitrogens with zero attached hydrogens (tertiary/aromatic N) is 2. The van der Waals surface area contributed by atoms with Crippen molar-refractivity contribution in [2.45, 2.75) is 6.04 Å². The molecule has 0 spiro atoms. The molecule has 2 aromatic carbocycles. The first kappa shape index (κ1) is 20.9. The van der Waals surface area contributed by atoms with Gasteiger partial charge in [-0.1, -0.05) is 41.9 Å². The van der Waals surface area contributed by atoms with Crippen LogP contribution < -0.4 is 9.96 Å². The normalized spacial score (nSPS) is 17.2. The Labute approximate surface area is 172 Å². The average molecular weight is 418 g/mol. The van der Waals surface area contributed by atoms with Crippen LogP contribution in [-0.2, 0) is 4.79 Å². The Bertz CT molecular complexity index is 918. The van der Waals surface area contributed by atoms with Crippen LogP contribution in [0.2, 0.25) is 5.02 Å². The number of carboxylic acid groups (broad SMARTS) is 1. The highest BCUT2D eigenvalue weighted by atomic mass is 35.5. The van der Waals surface area contributed by atoms with Crippen molar-refractivity contribution in [1.82, 2.24) is 14.9 Å². The van der Waals surface area contributed by atoms with Crippen LogP contribution in [0.3, 0.4) is 0 Å². The van der Waals surface area contributed by atoms with Gasteiger partial charge in [-0.05, 0) is 12.1 Å². The number of rotatable bonds is 5. The minimum Gasteiger partial charge on any atom is -0.617 e. The van der Waals surface area contributed by atoms with Crippen molar-refractivity contribution in [3.8, 4) is 0 Å². The van der Waals surface area contributed by atoms with Crippen LogP contribution in [0, 0.1) is 5.21 Å². The molecule has 1 fully saturated rings. The Balaban J connectivity index is 2.25. The lowest BCUT2D eigenvalue weighted by Gasteiger charge is -2.46. The van der Waals surface area contributed by atoms with Crippen LogP contribution in [-0.4, -0.2) is 54.5 Å². The highest BCUT2D eigenvalue weighted by Crippen LogP contribution is 2.39. The second-order valence-electron chi connectivity index (χ2n) is 6.65. The van der Waals surface area contributed by atoms with Gasteiger partial charge in [0.05, 0.1) is 5.56 Å². The number of carboxylic acids is 1. The van der Waals surface area contributed by atoms with E-state index < -0.39 is 22.7 Å². The molecule has 3 rings (SSSR count). The highest BCUT2D eigenvalue weighted by molar-refractivity contribution is 6.31. The smallest absolute Gasteiger partial charge is 0.425 e. The maximum absolute atomic E-state index is 14.3. The molecule has 0 saturated carbocycles. The standard InChI is InChI=1S/C20H20ClN3O5/c21-16-7-6-15(13-25)17(12-16)24(29,20(28)23-10-8-22-9-11-23)18(19(26)27)14-4-2-1-3-5-14/h1-7,12-13,18,22H,8-11H2,(H,26,27). The van der Waals surface area contributed by atoms with Gasteiger partial charge in [0.1, 0.15) is 0 Å². The summed E-state index contributed by atoms with van der Waals surface area (Å²) in [7, 11) is 0. The first-order chi connectivity index (χ1) is 13.9. The third-order valence-corrected chi connectivity index (χ3v) is 5.10. The first-order valence-electron chi connectivity index (χ1n) is 9.02. The number of hydroxylamine groups is 2. The quantitative estimate of drug-likeness (QED) is 0.439. The summed E-state index contributed by atoms with van der Waals surface area (Å²) in [5.41, 5.74) is -0.238. The Morgan fingerprint density at radius 2 is 1.83 bits per heavy atom. The number of piperazine rings is 1. The Morgan fingerprint density at radius 3 is 2.41 bits per heavy atom. The first-order valence-corrected chi connectivity index (χ1v) is 9.40. The molecule has 1 aliphatic rings. The van der Waals surface area contributed by atoms with E-state index in [1.807, 2.05) is 0 Å². The van der Waals surface area contributed by atoms with Gasteiger partial charge in [0, 0.05) is 42.8 Å². The molecule has 8 nitrogen and oxygen atoms in total. The average Bonchev–Trinajstić information content (AvgIpc) is 2.74. The maximum atomic E-state index is 14.3. The number of nitrogens with one attached hydrogen (secondary N) is 1. The van der Waals surface area contributed by atoms with Crippen LogP contribution in [0.5, 0.6) is 0 Å². The Hall–Kier alpha value is -2.78. The zero-order valence-electron chi connectivity index (χ0n) is 15.5. The number of benzene rings is 2. The molecule has 1 heterocycles. The van der Waals surface area contributed by atoms with Gasteiger partial charge in [0.25, 0.3) is 0 Å². The molecule has 0 aromatic heterocycles. The molecular formula is C20H20ClN3O5. The number of aldehydes is 1. The summed E-state index contributed by atoms with van der Waals surface area (Å²) in [6.45, 7) is 1.45. The van der Waals surface area contributed by atoms with Crippen LogP contribution in [0.25, 0.3) is 0 Å². The van der Waals surface area contributed by atoms with E-state index >= 15 is 0 Å². The Morgan fingerprint density at radius 1 is 1.17 bits per heavy atom. The van der Waals surface area contributed by atoms with Gasteiger partial charge in [0.2, 0.25) is 6.04 Å². The van der Waals surface area contributed by atoms with Crippen molar-refractivity contribution >= 4 is 35.6 Å². The summed E-state index contributed by atoms with van der Waals surface area (Å²) in [6, 6.07) is 8.95. The summed E-state index contributed by atoms with van der Waals surface area (Å²) in [4.78, 5) is 38.7. The van der Waals surface area contributed by atoms with E-state index in [1.54, 1.807) is 18.2 Å². The maximum Gasteiger partial charge on any atom is 0.425 e. The Kier molecular flexibility index (Phi) is 6.29. The molecule has 0 radical (unpaired) electrons. The van der Waals surface area contributed by atoms with Gasteiger partial charge in [-0.25, -0.2) is 14.2 Å². The van der Waals surface area contributed by atoms with E-state index in [2.05, 4.69) is 5.32 Å². The summed E-state index contributed by atoms with van der Waals surface area (Å²) in [5, 5.41) is 27.5. The van der Waals surface area contributed by atoms with E-state index in [9.17, 15) is 24.7 Å². The zero-order valence-corrected chi connectivity index (χ0v) is 16.2. The largest absolute Gasteiger partial charge is 0.617 e. The second kappa shape index (κ2) is 8.71. The molecule has 0 aliphatic carbocycles. The molecule has 1 aliphatic heterocycles. The third-order valence-electron chi connectivity index (χ3n) is 4.86. The van der Waals surface area contributed by atoms with E-state index in [0.717, 1.165) is 0 Å². The van der Waals surface area contributed by atoms with Crippen LogP contribution >= 0.6 is 11.6 Å². The fourth-order valence-electron chi connectivity index (χ4n) is 3.47. The molecule has 2 amide bonds. The summed E-state index contributed by atoms with van der Waals surface area (Å²) < 4.78 is -1.88. The van der Waals surface area contributed by atoms with Gasteiger partial charge >= 0.3 is 12.0 Å². The van der Waals surface area contributed by atoms with Crippen molar-refractivity contribution in [3.05, 3.63) is 69.9 Å². The molecule has 152 valence electrons. The summed E-state index contributed by atoms with van der Waals surface area (Å²) in [6.07, 6.45) is 0.422. The van der Waals surface area contributed by atoms with Crippen molar-refractivity contribution in [3.63, 3.8) is 0 Å². The number of halogens is 1. The molecule has 9 heteroatoms. The highest BCUT2D eigenvalue weighted by Gasteiger charge is 2.48. The van der Waals surface area contributed by atoms with Crippen LogP contribution in [0.1, 0.15) is 22.0 Å². The summed E-state index contributed by atoms with van der Waals surface area (Å²) in [5.74, 6) is -1.48. The van der Waals surface area contributed by atoms with Crippen LogP contribution in [0.15, 0.2) is 48.5 Å². The predicted octanol–water partition coefficient (Wildman–Crippen LogP) is 2.81. The number of urea groups is 1. The van der Waals surface area contributed by atoms with Crippen molar-refractivity contribution < 1.29 is 19.5 Å². The number of aliphatic carboxylic acids is 1. The summed E-state index contributed by atoms with van der Waals surface area (Å²) >= 11 is 6.05. The van der Waals surface area contributed by atoms with E-state index in [4.69, 9.17) is 11.6 Å². The fraction of sp³-hybridized carbons (Fsp3) is 0.250. The molecule has 2 unspecified atom stereocenters. The van der Waals surface area contributed by atoms with Crippen LogP contribution in [0.4, 0.5) is 10.5 Å². The molecule has 0 bridgehead atoms. The number of hydrogen-bond acceptors (Lipinski definition) is 5.